The molecule has 2 rings (SSSR count). The van der Waals surface area contributed by atoms with E-state index in [0.29, 0.717) is 0 Å². The van der Waals surface area contributed by atoms with E-state index < -0.39 is 18.4 Å². The van der Waals surface area contributed by atoms with E-state index in [1.165, 1.54) is 0 Å². The predicted molar refractivity (Wildman–Crippen MR) is 46.5 cm³/mol. The Morgan fingerprint density at radius 2 is 1.36 bits per heavy atom. The monoisotopic (exact) mass is 204 g/mol. The smallest absolute Gasteiger partial charge is 0.189 e. The van der Waals surface area contributed by atoms with Crippen LogP contribution in [0.15, 0.2) is 0 Å². The number of hydrogen-bond donors (Lipinski definition) is 0. The molecule has 0 aromatic carbocycles. The van der Waals surface area contributed by atoms with Gasteiger partial charge in [-0.3, -0.25) is 0 Å². The van der Waals surface area contributed by atoms with Crippen LogP contribution in [0.25, 0.3) is 0 Å². The maximum atomic E-state index is 5.66. The van der Waals surface area contributed by atoms with Gasteiger partial charge in [0.1, 0.15) is 12.2 Å². The zero-order valence-corrected chi connectivity index (χ0v) is 8.85. The average Bonchev–Trinajstić information content (AvgIpc) is 2.57. The molecule has 0 saturated carbocycles. The summed E-state index contributed by atoms with van der Waals surface area (Å²) < 4.78 is 27.0. The third kappa shape index (κ3) is 1.55. The molecule has 0 aliphatic carbocycles. The largest absolute Gasteiger partial charge is 0.353 e. The second-order valence-corrected chi connectivity index (χ2v) is 3.91. The first kappa shape index (κ1) is 10.3. The van der Waals surface area contributed by atoms with Crippen LogP contribution in [0.5, 0.6) is 0 Å². The Balaban J connectivity index is 2.12. The number of rotatable bonds is 2. The molecule has 2 fully saturated rings. The Hall–Kier alpha value is -0.200. The predicted octanol–water partition coefficient (Wildman–Crippen LogP) is 0.482. The fourth-order valence-electron chi connectivity index (χ4n) is 1.90. The lowest BCUT2D eigenvalue weighted by Gasteiger charge is -2.22. The highest BCUT2D eigenvalue weighted by atomic mass is 16.8. The highest BCUT2D eigenvalue weighted by Crippen LogP contribution is 2.38. The van der Waals surface area contributed by atoms with Crippen molar-refractivity contribution >= 4 is 0 Å². The number of ether oxygens (including phenoxy) is 5. The van der Waals surface area contributed by atoms with Crippen molar-refractivity contribution in [2.75, 3.05) is 14.2 Å². The van der Waals surface area contributed by atoms with Gasteiger partial charge in [0.2, 0.25) is 0 Å². The van der Waals surface area contributed by atoms with Gasteiger partial charge in [-0.1, -0.05) is 0 Å². The summed E-state index contributed by atoms with van der Waals surface area (Å²) in [6.45, 7) is 3.73. The molecule has 0 bridgehead atoms. The summed E-state index contributed by atoms with van der Waals surface area (Å²) in [6.07, 6.45) is -1.24. The minimum atomic E-state index is -0.591. The van der Waals surface area contributed by atoms with Gasteiger partial charge in [-0.2, -0.15) is 0 Å². The molecule has 0 aromatic rings. The van der Waals surface area contributed by atoms with E-state index in [4.69, 9.17) is 23.7 Å². The molecule has 14 heavy (non-hydrogen) atoms. The third-order valence-corrected chi connectivity index (χ3v) is 2.43. The van der Waals surface area contributed by atoms with Crippen molar-refractivity contribution in [3.63, 3.8) is 0 Å². The minimum Gasteiger partial charge on any atom is -0.353 e. The van der Waals surface area contributed by atoms with Crippen molar-refractivity contribution in [3.05, 3.63) is 0 Å². The molecule has 0 radical (unpaired) electrons. The number of fused-ring (bicyclic) bond motifs is 1. The van der Waals surface area contributed by atoms with Crippen molar-refractivity contribution in [2.45, 2.75) is 44.4 Å². The molecule has 2 aliphatic heterocycles. The second-order valence-electron chi connectivity index (χ2n) is 3.91. The first-order valence-corrected chi connectivity index (χ1v) is 4.64. The summed E-state index contributed by atoms with van der Waals surface area (Å²) in [5.74, 6) is -0.591. The summed E-state index contributed by atoms with van der Waals surface area (Å²) in [6, 6.07) is 0. The highest BCUT2D eigenvalue weighted by Gasteiger charge is 2.55. The zero-order valence-electron chi connectivity index (χ0n) is 8.85. The summed E-state index contributed by atoms with van der Waals surface area (Å²) in [5, 5.41) is 0. The van der Waals surface area contributed by atoms with Crippen molar-refractivity contribution in [2.24, 2.45) is 0 Å². The Bertz CT molecular complexity index is 197. The Labute approximate surface area is 83.2 Å². The van der Waals surface area contributed by atoms with Crippen LogP contribution in [0.3, 0.4) is 0 Å². The van der Waals surface area contributed by atoms with E-state index in [2.05, 4.69) is 0 Å². The van der Waals surface area contributed by atoms with Gasteiger partial charge in [0, 0.05) is 14.2 Å². The number of methoxy groups -OCH3 is 2. The van der Waals surface area contributed by atoms with E-state index in [0.717, 1.165) is 0 Å². The van der Waals surface area contributed by atoms with Crippen LogP contribution < -0.4 is 0 Å². The van der Waals surface area contributed by atoms with Crippen molar-refractivity contribution in [3.8, 4) is 0 Å². The molecular weight excluding hydrogens is 188 g/mol. The molecular formula is C9H16O5. The molecule has 2 saturated heterocycles. The van der Waals surface area contributed by atoms with Crippen molar-refractivity contribution < 1.29 is 23.7 Å². The maximum absolute atomic E-state index is 5.66. The first-order chi connectivity index (χ1) is 6.57. The summed E-state index contributed by atoms with van der Waals surface area (Å²) in [5.41, 5.74) is 0. The first-order valence-electron chi connectivity index (χ1n) is 4.64. The Morgan fingerprint density at radius 3 is 1.71 bits per heavy atom. The summed E-state index contributed by atoms with van der Waals surface area (Å²) >= 11 is 0. The molecule has 2 heterocycles. The minimum absolute atomic E-state index is 0.208. The Morgan fingerprint density at radius 1 is 0.929 bits per heavy atom. The van der Waals surface area contributed by atoms with Gasteiger partial charge in [0.05, 0.1) is 0 Å². The van der Waals surface area contributed by atoms with Crippen LogP contribution in [-0.2, 0) is 23.7 Å². The van der Waals surface area contributed by atoms with E-state index in [-0.39, 0.29) is 12.2 Å². The molecule has 5 nitrogen and oxygen atoms in total. The fourth-order valence-corrected chi connectivity index (χ4v) is 1.90. The Kier molecular flexibility index (Phi) is 2.53. The molecule has 0 spiro atoms. The molecule has 82 valence electrons. The third-order valence-electron chi connectivity index (χ3n) is 2.43. The van der Waals surface area contributed by atoms with Gasteiger partial charge in [-0.25, -0.2) is 0 Å². The topological polar surface area (TPSA) is 46.2 Å². The average molecular weight is 204 g/mol. The second kappa shape index (κ2) is 3.43. The molecule has 2 aliphatic rings. The van der Waals surface area contributed by atoms with E-state index in [9.17, 15) is 0 Å². The van der Waals surface area contributed by atoms with Gasteiger partial charge in [0.15, 0.2) is 18.4 Å². The summed E-state index contributed by atoms with van der Waals surface area (Å²) in [4.78, 5) is 0. The van der Waals surface area contributed by atoms with E-state index in [1.54, 1.807) is 14.2 Å². The normalized spacial score (nSPS) is 45.4. The molecule has 0 N–H and O–H groups in total. The summed E-state index contributed by atoms with van der Waals surface area (Å²) in [7, 11) is 3.16. The lowest BCUT2D eigenvalue weighted by molar-refractivity contribution is -0.264. The fraction of sp³-hybridized carbons (Fsp3) is 1.00. The SMILES string of the molecule is COC1O[C@H](OC)C2OC(C)(C)OC12. The number of hydrogen-bond acceptors (Lipinski definition) is 5. The van der Waals surface area contributed by atoms with Crippen LogP contribution in [0, 0.1) is 0 Å². The van der Waals surface area contributed by atoms with Crippen LogP contribution in [0.2, 0.25) is 0 Å². The lowest BCUT2D eigenvalue weighted by Crippen LogP contribution is -2.30. The van der Waals surface area contributed by atoms with Gasteiger partial charge < -0.3 is 23.7 Å². The van der Waals surface area contributed by atoms with Crippen LogP contribution >= 0.6 is 0 Å². The van der Waals surface area contributed by atoms with Crippen molar-refractivity contribution in [1.29, 1.82) is 0 Å². The van der Waals surface area contributed by atoms with E-state index >= 15 is 0 Å². The van der Waals surface area contributed by atoms with Crippen LogP contribution in [0.4, 0.5) is 0 Å². The van der Waals surface area contributed by atoms with Crippen LogP contribution in [-0.4, -0.2) is 44.8 Å². The van der Waals surface area contributed by atoms with Gasteiger partial charge in [0.25, 0.3) is 0 Å². The highest BCUT2D eigenvalue weighted by molar-refractivity contribution is 4.91. The van der Waals surface area contributed by atoms with Gasteiger partial charge >= 0.3 is 0 Å². The standard InChI is InChI=1S/C9H16O5/c1-9(2)13-5-6(14-9)8(11-4)12-7(5)10-3/h5-8H,1-4H3/t5?,6?,7-,8?/m0/s1. The zero-order chi connectivity index (χ0) is 10.3. The van der Waals surface area contributed by atoms with E-state index in [1.807, 2.05) is 13.8 Å². The van der Waals surface area contributed by atoms with Crippen LogP contribution in [0.1, 0.15) is 13.8 Å². The molecule has 0 aromatic heterocycles. The van der Waals surface area contributed by atoms with Gasteiger partial charge in [-0.05, 0) is 13.8 Å². The maximum Gasteiger partial charge on any atom is 0.189 e. The van der Waals surface area contributed by atoms with Gasteiger partial charge in [-0.15, -0.1) is 0 Å². The molecule has 4 atom stereocenters. The quantitative estimate of drug-likeness (QED) is 0.654. The van der Waals surface area contributed by atoms with Crippen molar-refractivity contribution in [1.82, 2.24) is 0 Å². The lowest BCUT2D eigenvalue weighted by atomic mass is 10.2. The molecule has 0 amide bonds. The molecule has 5 heteroatoms. The molecule has 3 unspecified atom stereocenters.